The van der Waals surface area contributed by atoms with Crippen LogP contribution in [0, 0.1) is 0 Å². The molecule has 2 rings (SSSR count). The average Bonchev–Trinajstić information content (AvgIpc) is 2.99. The molecule has 0 saturated carbocycles. The second-order valence-corrected chi connectivity index (χ2v) is 6.00. The van der Waals surface area contributed by atoms with Gasteiger partial charge >= 0.3 is 0 Å². The third-order valence-electron chi connectivity index (χ3n) is 3.58. The van der Waals surface area contributed by atoms with Crippen molar-refractivity contribution >= 4 is 0 Å². The van der Waals surface area contributed by atoms with Gasteiger partial charge in [-0.25, -0.2) is 9.97 Å². The molecule has 0 radical (unpaired) electrons. The molecule has 0 spiro atoms. The molecule has 18 heavy (non-hydrogen) atoms. The van der Waals surface area contributed by atoms with Crippen LogP contribution in [0.4, 0.5) is 0 Å². The summed E-state index contributed by atoms with van der Waals surface area (Å²) in [6, 6.07) is 0. The van der Waals surface area contributed by atoms with Crippen LogP contribution in [0.2, 0.25) is 0 Å². The Kier molecular flexibility index (Phi) is 3.28. The Bertz CT molecular complexity index is 423. The molecule has 0 atom stereocenters. The third kappa shape index (κ3) is 2.63. The molecule has 0 aliphatic rings. The van der Waals surface area contributed by atoms with Crippen LogP contribution in [0.25, 0.3) is 0 Å². The van der Waals surface area contributed by atoms with Crippen LogP contribution in [0.1, 0.15) is 46.4 Å². The van der Waals surface area contributed by atoms with Crippen LogP contribution in [-0.4, -0.2) is 14.5 Å². The molecule has 0 aliphatic heterocycles. The molecule has 4 nitrogen and oxygen atoms in total. The largest absolute Gasteiger partial charge is 0.448 e. The van der Waals surface area contributed by atoms with Crippen molar-refractivity contribution in [1.82, 2.24) is 14.5 Å². The molecular formula is C14H21N3O. The Hall–Kier alpha value is -1.58. The zero-order valence-corrected chi connectivity index (χ0v) is 11.6. The van der Waals surface area contributed by atoms with Gasteiger partial charge in [-0.2, -0.15) is 0 Å². The SMILES string of the molecule is CC(C)(CCC(C)(C)n1ccnc1)c1ncco1. The first-order valence-electron chi connectivity index (χ1n) is 6.30. The highest BCUT2D eigenvalue weighted by molar-refractivity contribution is 5.00. The van der Waals surface area contributed by atoms with Crippen molar-refractivity contribution in [3.8, 4) is 0 Å². The van der Waals surface area contributed by atoms with Gasteiger partial charge in [0, 0.05) is 23.3 Å². The summed E-state index contributed by atoms with van der Waals surface area (Å²) in [5.41, 5.74) is 0.0156. The molecule has 0 N–H and O–H groups in total. The summed E-state index contributed by atoms with van der Waals surface area (Å²) in [5.74, 6) is 0.809. The first kappa shape index (κ1) is 12.9. The van der Waals surface area contributed by atoms with E-state index in [2.05, 4.69) is 42.2 Å². The van der Waals surface area contributed by atoms with Crippen LogP contribution >= 0.6 is 0 Å². The van der Waals surface area contributed by atoms with E-state index in [1.807, 2.05) is 18.7 Å². The van der Waals surface area contributed by atoms with Crippen LogP contribution in [0.3, 0.4) is 0 Å². The van der Waals surface area contributed by atoms with Gasteiger partial charge < -0.3 is 8.98 Å². The first-order valence-corrected chi connectivity index (χ1v) is 6.30. The Labute approximate surface area is 108 Å². The summed E-state index contributed by atoms with van der Waals surface area (Å²) in [4.78, 5) is 8.38. The number of oxazole rings is 1. The summed E-state index contributed by atoms with van der Waals surface area (Å²) in [5, 5.41) is 0. The summed E-state index contributed by atoms with van der Waals surface area (Å²) in [6.07, 6.45) is 11.1. The van der Waals surface area contributed by atoms with E-state index in [-0.39, 0.29) is 11.0 Å². The quantitative estimate of drug-likeness (QED) is 0.813. The molecule has 0 fully saturated rings. The van der Waals surface area contributed by atoms with Gasteiger partial charge in [0.15, 0.2) is 5.89 Å². The van der Waals surface area contributed by atoms with Crippen molar-refractivity contribution in [3.63, 3.8) is 0 Å². The van der Waals surface area contributed by atoms with E-state index in [0.29, 0.717) is 0 Å². The van der Waals surface area contributed by atoms with Crippen LogP contribution < -0.4 is 0 Å². The molecule has 4 heteroatoms. The summed E-state index contributed by atoms with van der Waals surface area (Å²) < 4.78 is 7.58. The number of hydrogen-bond acceptors (Lipinski definition) is 3. The Morgan fingerprint density at radius 1 is 1.17 bits per heavy atom. The van der Waals surface area contributed by atoms with Crippen LogP contribution in [0.15, 0.2) is 35.6 Å². The Morgan fingerprint density at radius 2 is 1.94 bits per heavy atom. The lowest BCUT2D eigenvalue weighted by molar-refractivity contribution is 0.260. The first-order chi connectivity index (χ1) is 8.42. The van der Waals surface area contributed by atoms with Gasteiger partial charge in [-0.05, 0) is 26.7 Å². The maximum absolute atomic E-state index is 5.42. The van der Waals surface area contributed by atoms with Gasteiger partial charge in [-0.15, -0.1) is 0 Å². The molecule has 0 aliphatic carbocycles. The topological polar surface area (TPSA) is 43.9 Å². The zero-order valence-electron chi connectivity index (χ0n) is 11.6. The molecule has 0 unspecified atom stereocenters. The molecule has 0 aromatic carbocycles. The van der Waals surface area contributed by atoms with E-state index in [1.165, 1.54) is 0 Å². The number of hydrogen-bond donors (Lipinski definition) is 0. The Morgan fingerprint density at radius 3 is 2.50 bits per heavy atom. The molecule has 0 amide bonds. The highest BCUT2D eigenvalue weighted by atomic mass is 16.3. The molecule has 2 heterocycles. The summed E-state index contributed by atoms with van der Waals surface area (Å²) in [7, 11) is 0. The van der Waals surface area contributed by atoms with Crippen molar-refractivity contribution in [1.29, 1.82) is 0 Å². The van der Waals surface area contributed by atoms with Crippen LogP contribution in [-0.2, 0) is 11.0 Å². The molecule has 2 aromatic heterocycles. The number of imidazole rings is 1. The highest BCUT2D eigenvalue weighted by Crippen LogP contribution is 2.32. The number of rotatable bonds is 5. The van der Waals surface area contributed by atoms with E-state index in [4.69, 9.17) is 4.42 Å². The second kappa shape index (κ2) is 4.59. The van der Waals surface area contributed by atoms with Gasteiger partial charge in [0.05, 0.1) is 12.5 Å². The molecule has 0 bridgehead atoms. The van der Waals surface area contributed by atoms with E-state index in [9.17, 15) is 0 Å². The van der Waals surface area contributed by atoms with Crippen molar-refractivity contribution in [2.24, 2.45) is 0 Å². The highest BCUT2D eigenvalue weighted by Gasteiger charge is 2.29. The minimum absolute atomic E-state index is 0.0403. The van der Waals surface area contributed by atoms with Gasteiger partial charge in [0.1, 0.15) is 6.26 Å². The Balaban J connectivity index is 2.03. The normalized spacial score (nSPS) is 12.9. The average molecular weight is 247 g/mol. The van der Waals surface area contributed by atoms with Gasteiger partial charge in [0.25, 0.3) is 0 Å². The maximum Gasteiger partial charge on any atom is 0.199 e. The number of nitrogens with zero attached hydrogens (tertiary/aromatic N) is 3. The van der Waals surface area contributed by atoms with Crippen LogP contribution in [0.5, 0.6) is 0 Å². The van der Waals surface area contributed by atoms with Gasteiger partial charge in [-0.1, -0.05) is 13.8 Å². The molecule has 0 saturated heterocycles. The fourth-order valence-electron chi connectivity index (χ4n) is 2.03. The molecule has 98 valence electrons. The standard InChI is InChI=1S/C14H21N3O/c1-13(2,12-16-8-10-18-12)5-6-14(3,4)17-9-7-15-11-17/h7-11H,5-6H2,1-4H3. The van der Waals surface area contributed by atoms with E-state index in [1.54, 1.807) is 12.5 Å². The third-order valence-corrected chi connectivity index (χ3v) is 3.58. The maximum atomic E-state index is 5.42. The predicted molar refractivity (Wildman–Crippen MR) is 70.3 cm³/mol. The number of aromatic nitrogens is 3. The predicted octanol–water partition coefficient (Wildman–Crippen LogP) is 3.36. The molecular weight excluding hydrogens is 226 g/mol. The van der Waals surface area contributed by atoms with Crippen molar-refractivity contribution in [2.45, 2.75) is 51.5 Å². The lowest BCUT2D eigenvalue weighted by atomic mass is 9.83. The smallest absolute Gasteiger partial charge is 0.199 e. The lowest BCUT2D eigenvalue weighted by Gasteiger charge is -2.30. The van der Waals surface area contributed by atoms with E-state index < -0.39 is 0 Å². The fraction of sp³-hybridized carbons (Fsp3) is 0.571. The summed E-state index contributed by atoms with van der Waals surface area (Å²) >= 11 is 0. The monoisotopic (exact) mass is 247 g/mol. The van der Waals surface area contributed by atoms with Gasteiger partial charge in [0.2, 0.25) is 0 Å². The van der Waals surface area contributed by atoms with E-state index >= 15 is 0 Å². The van der Waals surface area contributed by atoms with Crippen molar-refractivity contribution in [2.75, 3.05) is 0 Å². The van der Waals surface area contributed by atoms with Crippen molar-refractivity contribution in [3.05, 3.63) is 37.1 Å². The molecule has 2 aromatic rings. The zero-order chi connectivity index (χ0) is 13.2. The second-order valence-electron chi connectivity index (χ2n) is 6.00. The van der Waals surface area contributed by atoms with Gasteiger partial charge in [-0.3, -0.25) is 0 Å². The lowest BCUT2D eigenvalue weighted by Crippen LogP contribution is -2.29. The van der Waals surface area contributed by atoms with E-state index in [0.717, 1.165) is 18.7 Å². The van der Waals surface area contributed by atoms with Crippen molar-refractivity contribution < 1.29 is 4.42 Å². The minimum atomic E-state index is -0.0403. The minimum Gasteiger partial charge on any atom is -0.448 e. The fourth-order valence-corrected chi connectivity index (χ4v) is 2.03. The summed E-state index contributed by atoms with van der Waals surface area (Å²) in [6.45, 7) is 8.78.